The van der Waals surface area contributed by atoms with E-state index >= 15 is 0 Å². The normalized spacial score (nSPS) is 20.3. The lowest BCUT2D eigenvalue weighted by atomic mass is 9.98. The van der Waals surface area contributed by atoms with E-state index in [9.17, 15) is 80.6 Å². The number of halogens is 14. The molecule has 22 heteroatoms. The van der Waals surface area contributed by atoms with Crippen molar-refractivity contribution in [1.82, 2.24) is 0 Å². The van der Waals surface area contributed by atoms with Gasteiger partial charge in [-0.2, -0.15) is 61.5 Å². The van der Waals surface area contributed by atoms with Crippen molar-refractivity contribution >= 4 is 23.9 Å². The highest BCUT2D eigenvalue weighted by molar-refractivity contribution is 5.74. The van der Waals surface area contributed by atoms with E-state index in [2.05, 4.69) is 9.47 Å². The Morgan fingerprint density at radius 3 is 1.58 bits per heavy atom. The molecule has 2 heterocycles. The van der Waals surface area contributed by atoms with Crippen molar-refractivity contribution in [3.05, 3.63) is 0 Å². The van der Waals surface area contributed by atoms with Gasteiger partial charge in [0.15, 0.2) is 13.2 Å². The van der Waals surface area contributed by atoms with Crippen molar-refractivity contribution in [2.45, 2.75) is 113 Å². The average molecular weight is 736 g/mol. The van der Waals surface area contributed by atoms with Crippen LogP contribution >= 0.6 is 0 Å². The molecule has 2 unspecified atom stereocenters. The molecule has 0 spiro atoms. The van der Waals surface area contributed by atoms with Gasteiger partial charge in [0.2, 0.25) is 0 Å². The van der Waals surface area contributed by atoms with E-state index in [0.29, 0.717) is 38.5 Å². The fourth-order valence-electron chi connectivity index (χ4n) is 3.97. The quantitative estimate of drug-likeness (QED) is 0.119. The fourth-order valence-corrected chi connectivity index (χ4v) is 3.97. The van der Waals surface area contributed by atoms with E-state index in [1.165, 1.54) is 0 Å². The van der Waals surface area contributed by atoms with Gasteiger partial charge in [-0.3, -0.25) is 19.2 Å². The molecule has 2 aliphatic heterocycles. The average Bonchev–Trinajstić information content (AvgIpc) is 3.30. The Hall–Kier alpha value is -3.10. The van der Waals surface area contributed by atoms with Crippen molar-refractivity contribution in [3.8, 4) is 0 Å². The van der Waals surface area contributed by atoms with Crippen LogP contribution in [0, 0.1) is 5.92 Å². The van der Waals surface area contributed by atoms with Crippen molar-refractivity contribution < 1.29 is 99.6 Å². The second-order valence-corrected chi connectivity index (χ2v) is 10.7. The zero-order chi connectivity index (χ0) is 37.2. The van der Waals surface area contributed by atoms with Gasteiger partial charge >= 0.3 is 59.9 Å². The summed E-state index contributed by atoms with van der Waals surface area (Å²) in [5, 5.41) is 0. The molecule has 8 nitrogen and oxygen atoms in total. The highest BCUT2D eigenvalue weighted by Gasteiger charge is 2.74. The molecule has 2 aliphatic rings. The molecule has 0 N–H and O–H groups in total. The molecule has 48 heavy (non-hydrogen) atoms. The highest BCUT2D eigenvalue weighted by atomic mass is 19.4. The highest BCUT2D eigenvalue weighted by Crippen LogP contribution is 2.47. The van der Waals surface area contributed by atoms with Gasteiger partial charge in [-0.15, -0.1) is 0 Å². The van der Waals surface area contributed by atoms with Crippen molar-refractivity contribution in [1.29, 1.82) is 0 Å². The zero-order valence-electron chi connectivity index (χ0n) is 24.6. The molecule has 2 fully saturated rings. The third-order valence-corrected chi connectivity index (χ3v) is 6.81. The van der Waals surface area contributed by atoms with E-state index in [1.54, 1.807) is 0 Å². The molecular weight excluding hydrogens is 706 g/mol. The predicted molar refractivity (Wildman–Crippen MR) is 129 cm³/mol. The van der Waals surface area contributed by atoms with Crippen LogP contribution in [0.1, 0.15) is 70.6 Å². The predicted octanol–water partition coefficient (Wildman–Crippen LogP) is 7.11. The summed E-state index contributed by atoms with van der Waals surface area (Å²) in [6.45, 7) is -4.59. The number of hydrogen-bond donors (Lipinski definition) is 0. The molecule has 0 amide bonds. The molecule has 0 aliphatic carbocycles. The number of rotatable bonds is 12. The van der Waals surface area contributed by atoms with Crippen LogP contribution in [-0.2, 0) is 38.1 Å². The van der Waals surface area contributed by atoms with E-state index in [4.69, 9.17) is 9.47 Å². The van der Waals surface area contributed by atoms with Crippen LogP contribution < -0.4 is 0 Å². The molecule has 2 saturated heterocycles. The van der Waals surface area contributed by atoms with Gasteiger partial charge in [0.1, 0.15) is 6.10 Å². The second kappa shape index (κ2) is 17.0. The molecule has 0 saturated carbocycles. The van der Waals surface area contributed by atoms with Crippen LogP contribution in [0.15, 0.2) is 0 Å². The minimum absolute atomic E-state index is 0.0915. The Balaban J connectivity index is 0.000000480. The lowest BCUT2D eigenvalue weighted by molar-refractivity contribution is -0.360. The van der Waals surface area contributed by atoms with Crippen LogP contribution in [0.3, 0.4) is 0 Å². The lowest BCUT2D eigenvalue weighted by Crippen LogP contribution is -2.54. The fraction of sp³-hybridized carbons (Fsp3) is 0.846. The van der Waals surface area contributed by atoms with Gasteiger partial charge in [0, 0.05) is 19.3 Å². The first-order chi connectivity index (χ1) is 21.7. The minimum Gasteiger partial charge on any atom is -0.465 e. The molecular formula is C26H30F14O8. The molecule has 2 rings (SSSR count). The number of alkyl halides is 14. The number of carbonyl (C=O) groups is 4. The molecule has 2 atom stereocenters. The third-order valence-electron chi connectivity index (χ3n) is 6.81. The van der Waals surface area contributed by atoms with Gasteiger partial charge in [0.05, 0.1) is 12.5 Å². The summed E-state index contributed by atoms with van der Waals surface area (Å²) in [6, 6.07) is 0. The molecule has 280 valence electrons. The van der Waals surface area contributed by atoms with Crippen molar-refractivity contribution in [2.75, 3.05) is 19.8 Å². The largest absolute Gasteiger partial charge is 0.465 e. The lowest BCUT2D eigenvalue weighted by Gasteiger charge is -2.27. The Bertz CT molecular complexity index is 1090. The molecule has 0 aromatic heterocycles. The van der Waals surface area contributed by atoms with E-state index in [0.717, 1.165) is 0 Å². The number of carbonyl (C=O) groups excluding carboxylic acids is 4. The van der Waals surface area contributed by atoms with E-state index in [1.807, 2.05) is 0 Å². The summed E-state index contributed by atoms with van der Waals surface area (Å²) >= 11 is 0. The van der Waals surface area contributed by atoms with Crippen LogP contribution in [0.25, 0.3) is 0 Å². The standard InChI is InChI=1S/2C13H15F7O4/c14-11(15,12(16,17)13(18,19)20)7-24-9(21)5-4-8-3-1-2-6-23-10(8)22;14-11(15,12(16,17)13(18,19)20)7-23-9(21)6-5-8-3-1-2-4-10(22)24-8/h2*8H,1-7H2. The van der Waals surface area contributed by atoms with E-state index in [-0.39, 0.29) is 25.9 Å². The maximum atomic E-state index is 12.9. The van der Waals surface area contributed by atoms with Crippen LogP contribution in [-0.4, -0.2) is 85.8 Å². The first-order valence-electron chi connectivity index (χ1n) is 14.1. The second-order valence-electron chi connectivity index (χ2n) is 10.7. The van der Waals surface area contributed by atoms with E-state index < -0.39 is 98.0 Å². The monoisotopic (exact) mass is 736 g/mol. The number of cyclic esters (lactones) is 2. The molecule has 0 aromatic rings. The summed E-state index contributed by atoms with van der Waals surface area (Å²) in [6.07, 6.45) is -11.4. The van der Waals surface area contributed by atoms with Gasteiger partial charge in [-0.05, 0) is 51.4 Å². The maximum absolute atomic E-state index is 12.9. The molecule has 0 radical (unpaired) electrons. The summed E-state index contributed by atoms with van der Waals surface area (Å²) < 4.78 is 191. The van der Waals surface area contributed by atoms with Crippen molar-refractivity contribution in [2.24, 2.45) is 5.92 Å². The van der Waals surface area contributed by atoms with Gasteiger partial charge in [-0.1, -0.05) is 0 Å². The summed E-state index contributed by atoms with van der Waals surface area (Å²) in [5.74, 6) is -28.3. The number of ether oxygens (including phenoxy) is 4. The summed E-state index contributed by atoms with van der Waals surface area (Å²) in [5.41, 5.74) is 0. The molecule has 0 bridgehead atoms. The summed E-state index contributed by atoms with van der Waals surface area (Å²) in [4.78, 5) is 45.2. The Morgan fingerprint density at radius 2 is 1.10 bits per heavy atom. The Labute approximate surface area is 262 Å². The van der Waals surface area contributed by atoms with Crippen LogP contribution in [0.2, 0.25) is 0 Å². The van der Waals surface area contributed by atoms with Gasteiger partial charge < -0.3 is 18.9 Å². The first-order valence-corrected chi connectivity index (χ1v) is 14.1. The maximum Gasteiger partial charge on any atom is 0.460 e. The number of hydrogen-bond acceptors (Lipinski definition) is 8. The van der Waals surface area contributed by atoms with Gasteiger partial charge in [0.25, 0.3) is 0 Å². The SMILES string of the molecule is O=C(CCC1CCCCC(=O)O1)OCC(F)(F)C(F)(F)C(F)(F)F.O=C(CCC1CCCCOC1=O)OCC(F)(F)C(F)(F)C(F)(F)F. The van der Waals surface area contributed by atoms with Crippen molar-refractivity contribution in [3.63, 3.8) is 0 Å². The zero-order valence-corrected chi connectivity index (χ0v) is 24.6. The Kier molecular flexibility index (Phi) is 15.2. The number of esters is 4. The van der Waals surface area contributed by atoms with Crippen LogP contribution in [0.4, 0.5) is 61.5 Å². The van der Waals surface area contributed by atoms with Gasteiger partial charge in [-0.25, -0.2) is 0 Å². The van der Waals surface area contributed by atoms with Crippen LogP contribution in [0.5, 0.6) is 0 Å². The molecule has 0 aromatic carbocycles. The summed E-state index contributed by atoms with van der Waals surface area (Å²) in [7, 11) is 0. The topological polar surface area (TPSA) is 105 Å². The first kappa shape index (κ1) is 42.9. The smallest absolute Gasteiger partial charge is 0.460 e. The minimum atomic E-state index is -6.48. The third kappa shape index (κ3) is 12.4. The Morgan fingerprint density at radius 1 is 0.646 bits per heavy atom.